The number of nitrogens with zero attached hydrogens (tertiary/aromatic N) is 2. The van der Waals surface area contributed by atoms with Gasteiger partial charge in [0.25, 0.3) is 0 Å². The van der Waals surface area contributed by atoms with Gasteiger partial charge in [0.2, 0.25) is 11.8 Å². The van der Waals surface area contributed by atoms with Crippen LogP contribution in [0.5, 0.6) is 0 Å². The van der Waals surface area contributed by atoms with E-state index in [0.29, 0.717) is 23.8 Å². The quantitative estimate of drug-likeness (QED) is 0.850. The minimum absolute atomic E-state index is 0.0354. The van der Waals surface area contributed by atoms with Crippen LogP contribution in [0.15, 0.2) is 48.5 Å². The minimum atomic E-state index is -0.105. The molecule has 2 amide bonds. The molecule has 24 heavy (non-hydrogen) atoms. The first kappa shape index (κ1) is 16.5. The fraction of sp³-hybridized carbons (Fsp3) is 0.263. The van der Waals surface area contributed by atoms with Gasteiger partial charge in [-0.1, -0.05) is 35.9 Å². The van der Waals surface area contributed by atoms with E-state index in [1.807, 2.05) is 29.2 Å². The molecular weight excluding hydrogens is 324 g/mol. The van der Waals surface area contributed by atoms with Crippen molar-refractivity contribution in [2.24, 2.45) is 0 Å². The van der Waals surface area contributed by atoms with Gasteiger partial charge in [-0.15, -0.1) is 0 Å². The van der Waals surface area contributed by atoms with Gasteiger partial charge in [0.05, 0.1) is 0 Å². The van der Waals surface area contributed by atoms with Crippen LogP contribution in [0, 0.1) is 0 Å². The Morgan fingerprint density at radius 1 is 1.17 bits per heavy atom. The van der Waals surface area contributed by atoms with E-state index in [2.05, 4.69) is 6.07 Å². The number of amides is 2. The monoisotopic (exact) mass is 342 g/mol. The third-order valence-electron chi connectivity index (χ3n) is 4.24. The average molecular weight is 343 g/mol. The van der Waals surface area contributed by atoms with Crippen LogP contribution in [0.1, 0.15) is 18.9 Å². The number of halogens is 1. The Hall–Kier alpha value is -2.33. The molecule has 0 aromatic heterocycles. The van der Waals surface area contributed by atoms with Crippen LogP contribution in [-0.2, 0) is 16.0 Å². The second-order valence-corrected chi connectivity index (χ2v) is 6.26. The van der Waals surface area contributed by atoms with Crippen LogP contribution in [-0.4, -0.2) is 24.9 Å². The first-order valence-corrected chi connectivity index (χ1v) is 8.36. The molecule has 1 aliphatic heterocycles. The van der Waals surface area contributed by atoms with E-state index in [-0.39, 0.29) is 18.2 Å². The molecule has 124 valence electrons. The van der Waals surface area contributed by atoms with Gasteiger partial charge in [0, 0.05) is 42.8 Å². The molecule has 0 saturated heterocycles. The zero-order chi connectivity index (χ0) is 17.1. The number of hydrogen-bond acceptors (Lipinski definition) is 2. The Morgan fingerprint density at radius 2 is 1.96 bits per heavy atom. The lowest BCUT2D eigenvalue weighted by Crippen LogP contribution is -2.35. The van der Waals surface area contributed by atoms with E-state index in [1.54, 1.807) is 23.1 Å². The highest BCUT2D eigenvalue weighted by Gasteiger charge is 2.24. The number of para-hydroxylation sites is 1. The highest BCUT2D eigenvalue weighted by Crippen LogP contribution is 2.28. The van der Waals surface area contributed by atoms with Gasteiger partial charge >= 0.3 is 0 Å². The summed E-state index contributed by atoms with van der Waals surface area (Å²) in [6.07, 6.45) is 1.16. The molecule has 2 aromatic carbocycles. The lowest BCUT2D eigenvalue weighted by Gasteiger charge is -2.23. The highest BCUT2D eigenvalue weighted by molar-refractivity contribution is 6.30. The average Bonchev–Trinajstić information content (AvgIpc) is 2.99. The van der Waals surface area contributed by atoms with Crippen molar-refractivity contribution in [3.8, 4) is 0 Å². The molecule has 0 atom stereocenters. The molecular formula is C19H19ClN2O2. The first-order chi connectivity index (χ1) is 11.6. The largest absolute Gasteiger partial charge is 0.312 e. The van der Waals surface area contributed by atoms with Crippen LogP contribution in [0.25, 0.3) is 0 Å². The Labute approximate surface area is 146 Å². The Bertz CT molecular complexity index is 775. The number of hydrogen-bond donors (Lipinski definition) is 0. The summed E-state index contributed by atoms with van der Waals surface area (Å²) in [5.74, 6) is -0.0693. The van der Waals surface area contributed by atoms with Crippen molar-refractivity contribution in [3.63, 3.8) is 0 Å². The normalized spacial score (nSPS) is 12.8. The van der Waals surface area contributed by atoms with E-state index < -0.39 is 0 Å². The summed E-state index contributed by atoms with van der Waals surface area (Å²) in [7, 11) is 0. The Balaban J connectivity index is 1.70. The lowest BCUT2D eigenvalue weighted by molar-refractivity contribution is -0.118. The van der Waals surface area contributed by atoms with Crippen molar-refractivity contribution in [2.45, 2.75) is 19.8 Å². The van der Waals surface area contributed by atoms with E-state index in [4.69, 9.17) is 11.6 Å². The number of carbonyl (C=O) groups is 2. The van der Waals surface area contributed by atoms with E-state index >= 15 is 0 Å². The Morgan fingerprint density at radius 3 is 2.71 bits per heavy atom. The molecule has 0 aliphatic carbocycles. The summed E-state index contributed by atoms with van der Waals surface area (Å²) in [4.78, 5) is 27.9. The van der Waals surface area contributed by atoms with Crippen LogP contribution in [0.2, 0.25) is 5.02 Å². The van der Waals surface area contributed by atoms with Gasteiger partial charge in [-0.25, -0.2) is 0 Å². The maximum atomic E-state index is 12.6. The van der Waals surface area contributed by atoms with Gasteiger partial charge < -0.3 is 9.80 Å². The summed E-state index contributed by atoms with van der Waals surface area (Å²) < 4.78 is 0. The zero-order valence-electron chi connectivity index (χ0n) is 13.5. The summed E-state index contributed by atoms with van der Waals surface area (Å²) >= 11 is 6.00. The van der Waals surface area contributed by atoms with Crippen LogP contribution >= 0.6 is 11.6 Å². The molecule has 0 bridgehead atoms. The van der Waals surface area contributed by atoms with E-state index in [0.717, 1.165) is 12.1 Å². The third-order valence-corrected chi connectivity index (χ3v) is 4.47. The maximum absolute atomic E-state index is 12.6. The molecule has 3 rings (SSSR count). The van der Waals surface area contributed by atoms with Gasteiger partial charge in [0.15, 0.2) is 0 Å². The predicted molar refractivity (Wildman–Crippen MR) is 96.6 cm³/mol. The standard InChI is InChI=1S/C19H19ClN2O2/c1-14(23)21(17-7-4-6-16(20)13-17)12-10-19(24)22-11-9-15-5-2-3-8-18(15)22/h2-8,13H,9-12H2,1H3. The topological polar surface area (TPSA) is 40.6 Å². The minimum Gasteiger partial charge on any atom is -0.312 e. The van der Waals surface area contributed by atoms with Crippen LogP contribution < -0.4 is 9.80 Å². The molecule has 4 nitrogen and oxygen atoms in total. The van der Waals surface area contributed by atoms with Crippen molar-refractivity contribution in [2.75, 3.05) is 22.9 Å². The number of anilines is 2. The highest BCUT2D eigenvalue weighted by atomic mass is 35.5. The summed E-state index contributed by atoms with van der Waals surface area (Å²) in [6.45, 7) is 2.54. The molecule has 0 saturated carbocycles. The smallest absolute Gasteiger partial charge is 0.228 e. The fourth-order valence-electron chi connectivity index (χ4n) is 3.05. The van der Waals surface area contributed by atoms with Crippen LogP contribution in [0.3, 0.4) is 0 Å². The SMILES string of the molecule is CC(=O)N(CCC(=O)N1CCc2ccccc21)c1cccc(Cl)c1. The van der Waals surface area contributed by atoms with Crippen LogP contribution in [0.4, 0.5) is 11.4 Å². The molecule has 1 aliphatic rings. The number of carbonyl (C=O) groups excluding carboxylic acids is 2. The van der Waals surface area contributed by atoms with Crippen molar-refractivity contribution in [3.05, 3.63) is 59.1 Å². The summed E-state index contributed by atoms with van der Waals surface area (Å²) in [5, 5.41) is 0.568. The molecule has 5 heteroatoms. The number of rotatable bonds is 4. The fourth-order valence-corrected chi connectivity index (χ4v) is 3.24. The van der Waals surface area contributed by atoms with Crippen molar-refractivity contribution >= 4 is 34.8 Å². The lowest BCUT2D eigenvalue weighted by atomic mass is 10.2. The first-order valence-electron chi connectivity index (χ1n) is 7.98. The molecule has 0 spiro atoms. The number of fused-ring (bicyclic) bond motifs is 1. The zero-order valence-corrected chi connectivity index (χ0v) is 14.3. The van der Waals surface area contributed by atoms with E-state index in [9.17, 15) is 9.59 Å². The second-order valence-electron chi connectivity index (χ2n) is 5.82. The Kier molecular flexibility index (Phi) is 4.86. The number of benzene rings is 2. The van der Waals surface area contributed by atoms with E-state index in [1.165, 1.54) is 12.5 Å². The summed E-state index contributed by atoms with van der Waals surface area (Å²) in [5.41, 5.74) is 2.90. The molecule has 0 radical (unpaired) electrons. The second kappa shape index (κ2) is 7.05. The maximum Gasteiger partial charge on any atom is 0.228 e. The molecule has 2 aromatic rings. The van der Waals surface area contributed by atoms with Gasteiger partial charge in [-0.3, -0.25) is 9.59 Å². The summed E-state index contributed by atoms with van der Waals surface area (Å²) in [6, 6.07) is 15.1. The molecule has 1 heterocycles. The molecule has 0 fully saturated rings. The predicted octanol–water partition coefficient (Wildman–Crippen LogP) is 3.67. The van der Waals surface area contributed by atoms with Gasteiger partial charge in [0.1, 0.15) is 0 Å². The van der Waals surface area contributed by atoms with Crippen molar-refractivity contribution in [1.29, 1.82) is 0 Å². The van der Waals surface area contributed by atoms with Crippen molar-refractivity contribution < 1.29 is 9.59 Å². The molecule has 0 N–H and O–H groups in total. The van der Waals surface area contributed by atoms with Gasteiger partial charge in [-0.05, 0) is 36.2 Å². The van der Waals surface area contributed by atoms with Crippen molar-refractivity contribution in [1.82, 2.24) is 0 Å². The third kappa shape index (κ3) is 3.44. The van der Waals surface area contributed by atoms with Gasteiger partial charge in [-0.2, -0.15) is 0 Å². The molecule has 0 unspecified atom stereocenters.